The smallest absolute Gasteiger partial charge is 0.211 e. The van der Waals surface area contributed by atoms with E-state index in [1.807, 2.05) is 31.2 Å². The number of aryl methyl sites for hydroxylation is 1. The Kier molecular flexibility index (Phi) is 4.61. The molecule has 0 bridgehead atoms. The van der Waals surface area contributed by atoms with Crippen LogP contribution in [0, 0.1) is 6.92 Å². The maximum absolute atomic E-state index is 11.7. The highest BCUT2D eigenvalue weighted by Gasteiger charge is 2.21. The van der Waals surface area contributed by atoms with Crippen molar-refractivity contribution in [3.63, 3.8) is 0 Å². The predicted molar refractivity (Wildman–Crippen MR) is 90.6 cm³/mol. The molecular weight excluding hydrogens is 312 g/mol. The Hall–Kier alpha value is -1.57. The first-order valence-corrected chi connectivity index (χ1v) is 9.68. The van der Waals surface area contributed by atoms with Crippen molar-refractivity contribution >= 4 is 20.9 Å². The van der Waals surface area contributed by atoms with Gasteiger partial charge in [0, 0.05) is 30.7 Å². The van der Waals surface area contributed by atoms with Crippen LogP contribution in [0.1, 0.15) is 17.9 Å². The molecular formula is C16H22N4O2S. The average molecular weight is 334 g/mol. The summed E-state index contributed by atoms with van der Waals surface area (Å²) in [5, 5.41) is 1.08. The van der Waals surface area contributed by atoms with Crippen molar-refractivity contribution < 1.29 is 8.42 Å². The lowest BCUT2D eigenvalue weighted by Crippen LogP contribution is -2.34. The van der Waals surface area contributed by atoms with Gasteiger partial charge in [-0.3, -0.25) is 4.90 Å². The lowest BCUT2D eigenvalue weighted by atomic mass is 10.2. The standard InChI is InChI=1S/C16H22N4O2S/c1-13-14-6-3-4-7-15(14)18-16(17-13)12-19-8-5-9-20(11-10-19)23(2,21)22/h3-4,6-7H,5,8-12H2,1-2H3. The number of para-hydroxylation sites is 1. The van der Waals surface area contributed by atoms with E-state index in [-0.39, 0.29) is 0 Å². The quantitative estimate of drug-likeness (QED) is 0.849. The Morgan fingerprint density at radius 1 is 1.09 bits per heavy atom. The Bertz CT molecular complexity index is 807. The molecule has 3 rings (SSSR count). The zero-order valence-electron chi connectivity index (χ0n) is 13.6. The van der Waals surface area contributed by atoms with Crippen LogP contribution >= 0.6 is 0 Å². The highest BCUT2D eigenvalue weighted by molar-refractivity contribution is 7.88. The van der Waals surface area contributed by atoms with E-state index in [9.17, 15) is 8.42 Å². The first-order valence-electron chi connectivity index (χ1n) is 7.83. The van der Waals surface area contributed by atoms with E-state index in [0.29, 0.717) is 26.2 Å². The molecule has 0 N–H and O–H groups in total. The number of sulfonamides is 1. The minimum atomic E-state index is -3.11. The number of hydrogen-bond acceptors (Lipinski definition) is 5. The summed E-state index contributed by atoms with van der Waals surface area (Å²) in [7, 11) is -3.11. The van der Waals surface area contributed by atoms with Gasteiger partial charge < -0.3 is 0 Å². The summed E-state index contributed by atoms with van der Waals surface area (Å²) in [6.07, 6.45) is 2.11. The van der Waals surface area contributed by atoms with Crippen LogP contribution in [0.25, 0.3) is 10.9 Å². The fourth-order valence-corrected chi connectivity index (χ4v) is 3.88. The van der Waals surface area contributed by atoms with Gasteiger partial charge in [0.2, 0.25) is 10.0 Å². The highest BCUT2D eigenvalue weighted by atomic mass is 32.2. The molecule has 1 fully saturated rings. The summed E-state index contributed by atoms with van der Waals surface area (Å²) >= 11 is 0. The van der Waals surface area contributed by atoms with E-state index in [0.717, 1.165) is 35.4 Å². The molecule has 0 unspecified atom stereocenters. The number of benzene rings is 1. The van der Waals surface area contributed by atoms with Crippen LogP contribution in [0.2, 0.25) is 0 Å². The van der Waals surface area contributed by atoms with Gasteiger partial charge >= 0.3 is 0 Å². The molecule has 2 aromatic rings. The van der Waals surface area contributed by atoms with Crippen molar-refractivity contribution in [2.75, 3.05) is 32.4 Å². The molecule has 0 spiro atoms. The van der Waals surface area contributed by atoms with E-state index >= 15 is 0 Å². The van der Waals surface area contributed by atoms with E-state index in [4.69, 9.17) is 0 Å². The van der Waals surface area contributed by atoms with Crippen molar-refractivity contribution in [2.45, 2.75) is 19.9 Å². The maximum Gasteiger partial charge on any atom is 0.211 e. The fourth-order valence-electron chi connectivity index (χ4n) is 3.00. The molecule has 0 radical (unpaired) electrons. The molecule has 0 aliphatic carbocycles. The molecule has 1 aromatic carbocycles. The fraction of sp³-hybridized carbons (Fsp3) is 0.500. The van der Waals surface area contributed by atoms with E-state index in [1.165, 1.54) is 6.26 Å². The number of rotatable bonds is 3. The van der Waals surface area contributed by atoms with E-state index < -0.39 is 10.0 Å². The van der Waals surface area contributed by atoms with Crippen molar-refractivity contribution in [1.29, 1.82) is 0 Å². The van der Waals surface area contributed by atoms with Crippen LogP contribution in [0.5, 0.6) is 0 Å². The van der Waals surface area contributed by atoms with Gasteiger partial charge in [-0.15, -0.1) is 0 Å². The molecule has 6 nitrogen and oxygen atoms in total. The SMILES string of the molecule is Cc1nc(CN2CCCN(S(C)(=O)=O)CC2)nc2ccccc12. The zero-order chi connectivity index (χ0) is 16.4. The Morgan fingerprint density at radius 2 is 1.87 bits per heavy atom. The summed E-state index contributed by atoms with van der Waals surface area (Å²) < 4.78 is 24.9. The van der Waals surface area contributed by atoms with Crippen molar-refractivity contribution in [2.24, 2.45) is 0 Å². The third-order valence-corrected chi connectivity index (χ3v) is 5.52. The highest BCUT2D eigenvalue weighted by Crippen LogP contribution is 2.16. The van der Waals surface area contributed by atoms with Gasteiger partial charge in [0.05, 0.1) is 18.3 Å². The van der Waals surface area contributed by atoms with Crippen LogP contribution in [0.4, 0.5) is 0 Å². The minimum Gasteiger partial charge on any atom is -0.295 e. The molecule has 0 amide bonds. The molecule has 1 aromatic heterocycles. The Morgan fingerprint density at radius 3 is 2.65 bits per heavy atom. The number of hydrogen-bond donors (Lipinski definition) is 0. The predicted octanol–water partition coefficient (Wildman–Crippen LogP) is 1.41. The number of aromatic nitrogens is 2. The molecule has 23 heavy (non-hydrogen) atoms. The molecule has 1 aliphatic heterocycles. The summed E-state index contributed by atoms with van der Waals surface area (Å²) in [5.74, 6) is 0.800. The van der Waals surface area contributed by atoms with Gasteiger partial charge in [-0.25, -0.2) is 22.7 Å². The monoisotopic (exact) mass is 334 g/mol. The van der Waals surface area contributed by atoms with Crippen LogP contribution in [0.3, 0.4) is 0 Å². The van der Waals surface area contributed by atoms with Gasteiger partial charge in [0.15, 0.2) is 0 Å². The average Bonchev–Trinajstić information content (AvgIpc) is 2.73. The second-order valence-electron chi connectivity index (χ2n) is 6.03. The largest absolute Gasteiger partial charge is 0.295 e. The summed E-state index contributed by atoms with van der Waals surface area (Å²) in [5.41, 5.74) is 1.95. The van der Waals surface area contributed by atoms with Crippen LogP contribution in [0.15, 0.2) is 24.3 Å². The van der Waals surface area contributed by atoms with Gasteiger partial charge in [-0.1, -0.05) is 18.2 Å². The summed E-state index contributed by atoms with van der Waals surface area (Å²) in [6, 6.07) is 8.01. The minimum absolute atomic E-state index is 0.533. The molecule has 1 aliphatic rings. The van der Waals surface area contributed by atoms with Crippen molar-refractivity contribution in [3.8, 4) is 0 Å². The van der Waals surface area contributed by atoms with Crippen LogP contribution in [-0.4, -0.2) is 60.0 Å². The van der Waals surface area contributed by atoms with Crippen molar-refractivity contribution in [1.82, 2.24) is 19.2 Å². The second-order valence-corrected chi connectivity index (χ2v) is 8.02. The maximum atomic E-state index is 11.7. The van der Waals surface area contributed by atoms with Gasteiger partial charge in [0.25, 0.3) is 0 Å². The Labute approximate surface area is 137 Å². The normalized spacial score (nSPS) is 18.2. The van der Waals surface area contributed by atoms with Crippen LogP contribution < -0.4 is 0 Å². The molecule has 124 valence electrons. The zero-order valence-corrected chi connectivity index (χ0v) is 14.4. The topological polar surface area (TPSA) is 66.4 Å². The number of nitrogens with zero attached hydrogens (tertiary/aromatic N) is 4. The molecule has 7 heteroatoms. The second kappa shape index (κ2) is 6.51. The van der Waals surface area contributed by atoms with Gasteiger partial charge in [-0.2, -0.15) is 0 Å². The van der Waals surface area contributed by atoms with E-state index in [2.05, 4.69) is 14.9 Å². The first-order chi connectivity index (χ1) is 10.9. The molecule has 1 saturated heterocycles. The molecule has 0 atom stereocenters. The first kappa shape index (κ1) is 16.3. The third-order valence-electron chi connectivity index (χ3n) is 4.22. The van der Waals surface area contributed by atoms with Gasteiger partial charge in [0.1, 0.15) is 5.82 Å². The van der Waals surface area contributed by atoms with Crippen molar-refractivity contribution in [3.05, 3.63) is 35.8 Å². The number of fused-ring (bicyclic) bond motifs is 1. The Balaban J connectivity index is 1.75. The van der Waals surface area contributed by atoms with Gasteiger partial charge in [-0.05, 0) is 26.0 Å². The van der Waals surface area contributed by atoms with Crippen LogP contribution in [-0.2, 0) is 16.6 Å². The summed E-state index contributed by atoms with van der Waals surface area (Å²) in [6.45, 7) is 5.35. The van der Waals surface area contributed by atoms with E-state index in [1.54, 1.807) is 4.31 Å². The lowest BCUT2D eigenvalue weighted by Gasteiger charge is -2.20. The summed E-state index contributed by atoms with van der Waals surface area (Å²) in [4.78, 5) is 11.5. The third kappa shape index (κ3) is 3.85. The molecule has 2 heterocycles. The molecule has 0 saturated carbocycles. The lowest BCUT2D eigenvalue weighted by molar-refractivity contribution is 0.272.